The van der Waals surface area contributed by atoms with E-state index in [0.29, 0.717) is 16.6 Å². The summed E-state index contributed by atoms with van der Waals surface area (Å²) in [7, 11) is 0. The van der Waals surface area contributed by atoms with Gasteiger partial charge in [-0.1, -0.05) is 6.92 Å². The van der Waals surface area contributed by atoms with Crippen LogP contribution in [-0.2, 0) is 4.79 Å². The second-order valence-electron chi connectivity index (χ2n) is 4.15. The summed E-state index contributed by atoms with van der Waals surface area (Å²) < 4.78 is 0.442. The first kappa shape index (κ1) is 14.6. The van der Waals surface area contributed by atoms with Crippen LogP contribution in [0.5, 0.6) is 0 Å². The molecule has 0 aromatic heterocycles. The lowest BCUT2D eigenvalue weighted by Crippen LogP contribution is -2.47. The van der Waals surface area contributed by atoms with Gasteiger partial charge in [0.05, 0.1) is 16.1 Å². The normalized spacial score (nSPS) is 13.8. The van der Waals surface area contributed by atoms with Gasteiger partial charge < -0.3 is 11.1 Å². The van der Waals surface area contributed by atoms with Crippen molar-refractivity contribution in [3.63, 3.8) is 0 Å². The second kappa shape index (κ2) is 5.45. The molecule has 0 heterocycles. The van der Waals surface area contributed by atoms with E-state index in [1.807, 2.05) is 6.92 Å². The summed E-state index contributed by atoms with van der Waals surface area (Å²) in [5, 5.41) is 13.2. The van der Waals surface area contributed by atoms with Crippen LogP contribution in [0.1, 0.15) is 20.3 Å². The zero-order valence-electron chi connectivity index (χ0n) is 10.1. The van der Waals surface area contributed by atoms with Gasteiger partial charge >= 0.3 is 0 Å². The fourth-order valence-corrected chi connectivity index (χ4v) is 1.61. The molecule has 0 aliphatic carbocycles. The summed E-state index contributed by atoms with van der Waals surface area (Å²) in [5.74, 6) is -0.334. The van der Waals surface area contributed by atoms with E-state index in [1.165, 1.54) is 18.2 Å². The monoisotopic (exact) mass is 315 g/mol. The van der Waals surface area contributed by atoms with Gasteiger partial charge in [0.15, 0.2) is 0 Å². The molecule has 1 rings (SSSR count). The van der Waals surface area contributed by atoms with Crippen LogP contribution < -0.4 is 11.1 Å². The van der Waals surface area contributed by atoms with Crippen LogP contribution in [0.3, 0.4) is 0 Å². The predicted octanol–water partition coefficient (Wildman–Crippen LogP) is 2.42. The van der Waals surface area contributed by atoms with E-state index in [4.69, 9.17) is 5.73 Å². The van der Waals surface area contributed by atoms with Crippen LogP contribution in [0.2, 0.25) is 0 Å². The number of halogens is 1. The number of amides is 1. The lowest BCUT2D eigenvalue weighted by molar-refractivity contribution is -0.384. The fraction of sp³-hybridized carbons (Fsp3) is 0.364. The topological polar surface area (TPSA) is 98.3 Å². The van der Waals surface area contributed by atoms with Crippen molar-refractivity contribution in [2.24, 2.45) is 5.73 Å². The minimum atomic E-state index is -0.971. The zero-order chi connectivity index (χ0) is 13.9. The average Bonchev–Trinajstić information content (AvgIpc) is 2.31. The van der Waals surface area contributed by atoms with Gasteiger partial charge in [0.25, 0.3) is 5.69 Å². The molecular weight excluding hydrogens is 302 g/mol. The number of hydrogen-bond acceptors (Lipinski definition) is 4. The number of benzene rings is 1. The van der Waals surface area contributed by atoms with Crippen LogP contribution in [0.25, 0.3) is 0 Å². The van der Waals surface area contributed by atoms with Crippen molar-refractivity contribution >= 4 is 33.2 Å². The van der Waals surface area contributed by atoms with Gasteiger partial charge in [0, 0.05) is 16.6 Å². The second-order valence-corrected chi connectivity index (χ2v) is 5.00. The smallest absolute Gasteiger partial charge is 0.270 e. The number of non-ortho nitro benzene ring substituents is 1. The highest BCUT2D eigenvalue weighted by Crippen LogP contribution is 2.27. The first-order chi connectivity index (χ1) is 8.27. The number of carbonyl (C=O) groups excluding carboxylic acids is 1. The Hall–Kier alpha value is -1.47. The molecule has 1 amide bonds. The lowest BCUT2D eigenvalue weighted by atomic mass is 9.99. The fourth-order valence-electron chi connectivity index (χ4n) is 1.14. The quantitative estimate of drug-likeness (QED) is 0.658. The molecule has 0 saturated heterocycles. The Bertz CT molecular complexity index is 488. The number of nitro benzene ring substituents is 1. The highest BCUT2D eigenvalue weighted by Gasteiger charge is 2.26. The zero-order valence-corrected chi connectivity index (χ0v) is 11.7. The van der Waals surface area contributed by atoms with E-state index < -0.39 is 10.5 Å². The van der Waals surface area contributed by atoms with Crippen molar-refractivity contribution in [2.45, 2.75) is 25.8 Å². The van der Waals surface area contributed by atoms with E-state index in [2.05, 4.69) is 21.2 Å². The van der Waals surface area contributed by atoms with Crippen molar-refractivity contribution in [1.82, 2.24) is 0 Å². The minimum Gasteiger partial charge on any atom is -0.323 e. The number of nitrogens with one attached hydrogen (secondary N) is 1. The molecule has 0 aliphatic heterocycles. The van der Waals surface area contributed by atoms with Gasteiger partial charge in [-0.25, -0.2) is 0 Å². The molecule has 7 heteroatoms. The summed E-state index contributed by atoms with van der Waals surface area (Å²) in [4.78, 5) is 21.9. The highest BCUT2D eigenvalue weighted by atomic mass is 79.9. The molecule has 1 aromatic rings. The molecule has 3 N–H and O–H groups in total. The largest absolute Gasteiger partial charge is 0.323 e. The molecule has 0 saturated carbocycles. The highest BCUT2D eigenvalue weighted by molar-refractivity contribution is 9.10. The Morgan fingerprint density at radius 2 is 2.22 bits per heavy atom. The van der Waals surface area contributed by atoms with Crippen LogP contribution in [0, 0.1) is 10.1 Å². The maximum Gasteiger partial charge on any atom is 0.270 e. The molecule has 18 heavy (non-hydrogen) atoms. The van der Waals surface area contributed by atoms with Gasteiger partial charge in [0.1, 0.15) is 0 Å². The van der Waals surface area contributed by atoms with E-state index in [0.717, 1.165) is 0 Å². The number of nitrogens with zero attached hydrogens (tertiary/aromatic N) is 1. The van der Waals surface area contributed by atoms with Crippen molar-refractivity contribution < 1.29 is 9.72 Å². The summed E-state index contributed by atoms with van der Waals surface area (Å²) in [6, 6.07) is 4.11. The molecule has 1 aromatic carbocycles. The Morgan fingerprint density at radius 1 is 1.61 bits per heavy atom. The van der Waals surface area contributed by atoms with Gasteiger partial charge in [0.2, 0.25) is 5.91 Å². The maximum absolute atomic E-state index is 11.8. The third kappa shape index (κ3) is 3.27. The van der Waals surface area contributed by atoms with Gasteiger partial charge in [-0.05, 0) is 35.3 Å². The SMILES string of the molecule is CCC(C)(N)C(=O)Nc1ccc([N+](=O)[O-])cc1Br. The minimum absolute atomic E-state index is 0.0501. The Balaban J connectivity index is 2.93. The molecule has 0 bridgehead atoms. The summed E-state index contributed by atoms with van der Waals surface area (Å²) in [6.07, 6.45) is 0.490. The number of hydrogen-bond donors (Lipinski definition) is 2. The van der Waals surface area contributed by atoms with Gasteiger partial charge in [-0.15, -0.1) is 0 Å². The predicted molar refractivity (Wildman–Crippen MR) is 72.3 cm³/mol. The molecular formula is C11H14BrN3O3. The average molecular weight is 316 g/mol. The van der Waals surface area contributed by atoms with Gasteiger partial charge in [-0.3, -0.25) is 14.9 Å². The Labute approximate surface area is 113 Å². The third-order valence-corrected chi connectivity index (χ3v) is 3.32. The van der Waals surface area contributed by atoms with Crippen LogP contribution in [0.15, 0.2) is 22.7 Å². The molecule has 98 valence electrons. The van der Waals surface area contributed by atoms with Crippen LogP contribution in [-0.4, -0.2) is 16.4 Å². The first-order valence-electron chi connectivity index (χ1n) is 5.32. The van der Waals surface area contributed by atoms with Crippen molar-refractivity contribution in [3.05, 3.63) is 32.8 Å². The molecule has 1 atom stereocenters. The van der Waals surface area contributed by atoms with Crippen molar-refractivity contribution in [2.75, 3.05) is 5.32 Å². The van der Waals surface area contributed by atoms with Crippen LogP contribution in [0.4, 0.5) is 11.4 Å². The number of nitrogens with two attached hydrogens (primary N) is 1. The van der Waals surface area contributed by atoms with Crippen LogP contribution >= 0.6 is 15.9 Å². The summed E-state index contributed by atoms with van der Waals surface area (Å²) in [5.41, 5.74) is 5.23. The molecule has 0 aliphatic rings. The number of anilines is 1. The molecule has 0 spiro atoms. The number of nitro groups is 1. The molecule has 0 radical (unpaired) electrons. The van der Waals surface area contributed by atoms with Crippen molar-refractivity contribution in [1.29, 1.82) is 0 Å². The summed E-state index contributed by atoms with van der Waals surface area (Å²) >= 11 is 3.17. The number of carbonyl (C=O) groups is 1. The standard InChI is InChI=1S/C11H14BrN3O3/c1-3-11(2,13)10(16)14-9-5-4-7(15(17)18)6-8(9)12/h4-6H,3,13H2,1-2H3,(H,14,16). The van der Waals surface area contributed by atoms with E-state index >= 15 is 0 Å². The van der Waals surface area contributed by atoms with E-state index in [1.54, 1.807) is 6.92 Å². The Morgan fingerprint density at radius 3 is 2.67 bits per heavy atom. The first-order valence-corrected chi connectivity index (χ1v) is 6.11. The third-order valence-electron chi connectivity index (χ3n) is 2.66. The van der Waals surface area contributed by atoms with Gasteiger partial charge in [-0.2, -0.15) is 0 Å². The van der Waals surface area contributed by atoms with E-state index in [9.17, 15) is 14.9 Å². The molecule has 1 unspecified atom stereocenters. The van der Waals surface area contributed by atoms with E-state index in [-0.39, 0.29) is 11.6 Å². The Kier molecular flexibility index (Phi) is 4.42. The number of rotatable bonds is 4. The lowest BCUT2D eigenvalue weighted by Gasteiger charge is -2.21. The summed E-state index contributed by atoms with van der Waals surface area (Å²) in [6.45, 7) is 3.44. The maximum atomic E-state index is 11.8. The molecule has 0 fully saturated rings. The van der Waals surface area contributed by atoms with Crippen molar-refractivity contribution in [3.8, 4) is 0 Å². The molecule has 6 nitrogen and oxygen atoms in total.